The molecule has 0 N–H and O–H groups in total. The zero-order chi connectivity index (χ0) is 18.7. The van der Waals surface area contributed by atoms with Crippen molar-refractivity contribution in [1.82, 2.24) is 4.90 Å². The van der Waals surface area contributed by atoms with Gasteiger partial charge in [-0.2, -0.15) is 0 Å². The third kappa shape index (κ3) is 7.21. The average molecular weight is 338 g/mol. The highest BCUT2D eigenvalue weighted by Crippen LogP contribution is 2.25. The van der Waals surface area contributed by atoms with Gasteiger partial charge in [0.05, 0.1) is 11.5 Å². The van der Waals surface area contributed by atoms with Gasteiger partial charge in [-0.25, -0.2) is 9.69 Å². The van der Waals surface area contributed by atoms with Crippen molar-refractivity contribution in [3.05, 3.63) is 39.4 Å². The van der Waals surface area contributed by atoms with Crippen molar-refractivity contribution in [3.8, 4) is 0 Å². The number of aryl methyl sites for hydroxylation is 2. The maximum absolute atomic E-state index is 10.9. The zero-order valence-corrected chi connectivity index (χ0v) is 14.9. The molecule has 2 rings (SSSR count). The molecule has 1 aliphatic rings. The quantitative estimate of drug-likeness (QED) is 0.470. The molecule has 1 aromatic rings. The second-order valence-corrected chi connectivity index (χ2v) is 4.99. The number of nitrogens with zero attached hydrogens (tertiary/aromatic N) is 2. The Balaban J connectivity index is 0.000000400. The highest BCUT2D eigenvalue weighted by molar-refractivity contribution is 5.81. The molecular formula is C17H26N2O5. The predicted molar refractivity (Wildman–Crippen MR) is 91.9 cm³/mol. The predicted octanol–water partition coefficient (Wildman–Crippen LogP) is 4.00. The van der Waals surface area contributed by atoms with Crippen LogP contribution in [-0.4, -0.2) is 35.0 Å². The zero-order valence-electron chi connectivity index (χ0n) is 14.9. The molecule has 2 amide bonds. The molecule has 7 heteroatoms. The summed E-state index contributed by atoms with van der Waals surface area (Å²) in [7, 11) is 0. The number of rotatable bonds is 4. The van der Waals surface area contributed by atoms with Crippen LogP contribution in [0.25, 0.3) is 0 Å². The fourth-order valence-corrected chi connectivity index (χ4v) is 1.75. The van der Waals surface area contributed by atoms with E-state index in [1.165, 1.54) is 0 Å². The van der Waals surface area contributed by atoms with E-state index in [0.717, 1.165) is 23.3 Å². The van der Waals surface area contributed by atoms with Crippen LogP contribution in [0.3, 0.4) is 0 Å². The van der Waals surface area contributed by atoms with Crippen LogP contribution in [0, 0.1) is 24.0 Å². The third-order valence-corrected chi connectivity index (χ3v) is 3.09. The number of nitro benzene ring substituents is 1. The minimum atomic E-state index is -0.523. The molecule has 0 spiro atoms. The lowest BCUT2D eigenvalue weighted by Gasteiger charge is -2.12. The molecule has 0 radical (unpaired) electrons. The molecule has 0 bridgehead atoms. The molecule has 1 fully saturated rings. The average Bonchev–Trinajstić information content (AvgIpc) is 3.38. The van der Waals surface area contributed by atoms with Gasteiger partial charge in [-0.1, -0.05) is 26.0 Å². The molecule has 0 aliphatic heterocycles. The number of ether oxygens (including phenoxy) is 1. The molecule has 1 aromatic carbocycles. The van der Waals surface area contributed by atoms with Crippen LogP contribution < -0.4 is 0 Å². The maximum atomic E-state index is 10.9. The van der Waals surface area contributed by atoms with Crippen LogP contribution in [0.5, 0.6) is 0 Å². The molecule has 0 aromatic heterocycles. The van der Waals surface area contributed by atoms with Crippen molar-refractivity contribution in [2.24, 2.45) is 0 Å². The Morgan fingerprint density at radius 1 is 1.38 bits per heavy atom. The SMILES string of the molecule is CC.CCOC(=O)N(C=O)C1CC1.Cc1ccc(C)c([N+](=O)[O-])c1. The van der Waals surface area contributed by atoms with Gasteiger partial charge < -0.3 is 4.74 Å². The molecule has 0 heterocycles. The Kier molecular flexibility index (Phi) is 10.0. The minimum absolute atomic E-state index is 0.103. The van der Waals surface area contributed by atoms with E-state index >= 15 is 0 Å². The molecular weight excluding hydrogens is 312 g/mol. The van der Waals surface area contributed by atoms with Crippen molar-refractivity contribution in [2.75, 3.05) is 6.61 Å². The summed E-state index contributed by atoms with van der Waals surface area (Å²) in [5, 5.41) is 10.4. The van der Waals surface area contributed by atoms with E-state index in [9.17, 15) is 19.7 Å². The summed E-state index contributed by atoms with van der Waals surface area (Å²) in [6, 6.07) is 5.30. The summed E-state index contributed by atoms with van der Waals surface area (Å²) in [6.07, 6.45) is 1.84. The van der Waals surface area contributed by atoms with Gasteiger partial charge in [-0.3, -0.25) is 14.9 Å². The number of nitro groups is 1. The summed E-state index contributed by atoms with van der Waals surface area (Å²) in [5.74, 6) is 0. The van der Waals surface area contributed by atoms with Gasteiger partial charge in [-0.15, -0.1) is 0 Å². The maximum Gasteiger partial charge on any atom is 0.416 e. The van der Waals surface area contributed by atoms with Crippen molar-refractivity contribution in [1.29, 1.82) is 0 Å². The minimum Gasteiger partial charge on any atom is -0.449 e. The standard InChI is InChI=1S/C8H9NO2.C7H11NO3.C2H6/c1-6-3-4-7(2)8(5-6)9(10)11;1-2-11-7(10)8(5-9)6-3-4-6;1-2/h3-5H,1-2H3;5-6H,2-4H2,1H3;1-2H3. The molecule has 0 saturated heterocycles. The molecule has 1 aliphatic carbocycles. The van der Waals surface area contributed by atoms with Gasteiger partial charge in [0.1, 0.15) is 0 Å². The first-order valence-corrected chi connectivity index (χ1v) is 8.02. The number of imide groups is 1. The van der Waals surface area contributed by atoms with E-state index in [4.69, 9.17) is 0 Å². The topological polar surface area (TPSA) is 89.8 Å². The Hall–Kier alpha value is -2.44. The molecule has 0 atom stereocenters. The second-order valence-electron chi connectivity index (χ2n) is 4.99. The molecule has 134 valence electrons. The fraction of sp³-hybridized carbons (Fsp3) is 0.529. The van der Waals surface area contributed by atoms with E-state index in [-0.39, 0.29) is 16.7 Å². The van der Waals surface area contributed by atoms with Crippen molar-refractivity contribution < 1.29 is 19.2 Å². The van der Waals surface area contributed by atoms with E-state index in [1.54, 1.807) is 26.0 Å². The highest BCUT2D eigenvalue weighted by Gasteiger charge is 2.33. The number of hydrogen-bond acceptors (Lipinski definition) is 5. The summed E-state index contributed by atoms with van der Waals surface area (Å²) in [6.45, 7) is 9.60. The first-order valence-electron chi connectivity index (χ1n) is 8.02. The number of carbonyl (C=O) groups is 2. The van der Waals surface area contributed by atoms with E-state index in [1.807, 2.05) is 26.8 Å². The molecule has 1 saturated carbocycles. The van der Waals surface area contributed by atoms with Gasteiger partial charge in [0.15, 0.2) is 0 Å². The first-order chi connectivity index (χ1) is 11.4. The van der Waals surface area contributed by atoms with Crippen molar-refractivity contribution in [2.45, 2.75) is 53.5 Å². The van der Waals surface area contributed by atoms with Crippen LogP contribution in [0.2, 0.25) is 0 Å². The van der Waals surface area contributed by atoms with E-state index in [0.29, 0.717) is 18.6 Å². The molecule has 0 unspecified atom stereocenters. The van der Waals surface area contributed by atoms with Gasteiger partial charge >= 0.3 is 6.09 Å². The summed E-state index contributed by atoms with van der Waals surface area (Å²) in [4.78, 5) is 32.4. The van der Waals surface area contributed by atoms with E-state index in [2.05, 4.69) is 4.74 Å². The van der Waals surface area contributed by atoms with Crippen LogP contribution in [0.1, 0.15) is 44.7 Å². The molecule has 7 nitrogen and oxygen atoms in total. The third-order valence-electron chi connectivity index (χ3n) is 3.09. The number of hydrogen-bond donors (Lipinski definition) is 0. The van der Waals surface area contributed by atoms with Gasteiger partial charge in [0.25, 0.3) is 5.69 Å². The van der Waals surface area contributed by atoms with E-state index < -0.39 is 6.09 Å². The smallest absolute Gasteiger partial charge is 0.416 e. The number of benzene rings is 1. The Bertz CT molecular complexity index is 556. The summed E-state index contributed by atoms with van der Waals surface area (Å²) < 4.78 is 4.65. The van der Waals surface area contributed by atoms with Crippen molar-refractivity contribution >= 4 is 18.2 Å². The largest absolute Gasteiger partial charge is 0.449 e. The fourth-order valence-electron chi connectivity index (χ4n) is 1.75. The Morgan fingerprint density at radius 3 is 2.33 bits per heavy atom. The number of amides is 2. The highest BCUT2D eigenvalue weighted by atomic mass is 16.6. The Labute approximate surface area is 142 Å². The van der Waals surface area contributed by atoms with Gasteiger partial charge in [0, 0.05) is 17.7 Å². The van der Waals surface area contributed by atoms with Crippen LogP contribution in [-0.2, 0) is 9.53 Å². The lowest BCUT2D eigenvalue weighted by Crippen LogP contribution is -2.32. The monoisotopic (exact) mass is 338 g/mol. The van der Waals surface area contributed by atoms with Crippen LogP contribution >= 0.6 is 0 Å². The number of carbonyl (C=O) groups excluding carboxylic acids is 2. The Morgan fingerprint density at radius 2 is 1.96 bits per heavy atom. The normalized spacial score (nSPS) is 11.9. The van der Waals surface area contributed by atoms with Crippen LogP contribution in [0.15, 0.2) is 18.2 Å². The van der Waals surface area contributed by atoms with Crippen molar-refractivity contribution in [3.63, 3.8) is 0 Å². The lowest BCUT2D eigenvalue weighted by atomic mass is 10.1. The van der Waals surface area contributed by atoms with Crippen LogP contribution in [0.4, 0.5) is 10.5 Å². The summed E-state index contributed by atoms with van der Waals surface area (Å²) in [5.41, 5.74) is 1.83. The first kappa shape index (κ1) is 21.6. The second kappa shape index (κ2) is 11.2. The van der Waals surface area contributed by atoms with Gasteiger partial charge in [-0.05, 0) is 39.2 Å². The summed E-state index contributed by atoms with van der Waals surface area (Å²) >= 11 is 0. The molecule has 24 heavy (non-hydrogen) atoms. The van der Waals surface area contributed by atoms with Gasteiger partial charge in [0.2, 0.25) is 6.41 Å². The lowest BCUT2D eigenvalue weighted by molar-refractivity contribution is -0.385.